The molecule has 0 spiro atoms. The summed E-state index contributed by atoms with van der Waals surface area (Å²) in [6.07, 6.45) is 0. The first-order valence-corrected chi connectivity index (χ1v) is 7.07. The summed E-state index contributed by atoms with van der Waals surface area (Å²) in [6, 6.07) is 15.7. The number of benzene rings is 2. The van der Waals surface area contributed by atoms with Gasteiger partial charge in [-0.05, 0) is 71.5 Å². The van der Waals surface area contributed by atoms with E-state index >= 15 is 0 Å². The van der Waals surface area contributed by atoms with Crippen molar-refractivity contribution in [1.29, 1.82) is 0 Å². The molecule has 0 saturated heterocycles. The van der Waals surface area contributed by atoms with Gasteiger partial charge >= 0.3 is 0 Å². The van der Waals surface area contributed by atoms with Crippen LogP contribution >= 0.6 is 22.6 Å². The van der Waals surface area contributed by atoms with Gasteiger partial charge in [0.15, 0.2) is 0 Å². The maximum atomic E-state index is 11.8. The van der Waals surface area contributed by atoms with E-state index in [1.54, 1.807) is 0 Å². The molecule has 0 aromatic heterocycles. The Hall–Kier alpha value is -1.56. The summed E-state index contributed by atoms with van der Waals surface area (Å²) in [6.45, 7) is 2.26. The van der Waals surface area contributed by atoms with Gasteiger partial charge in [-0.25, -0.2) is 0 Å². The molecule has 0 radical (unpaired) electrons. The van der Waals surface area contributed by atoms with Gasteiger partial charge in [0.1, 0.15) is 0 Å². The minimum atomic E-state index is -0.0517. The first-order chi connectivity index (χ1) is 9.13. The van der Waals surface area contributed by atoms with E-state index in [4.69, 9.17) is 0 Å². The molecule has 0 unspecified atom stereocenters. The maximum Gasteiger partial charge on any atom is 0.243 e. The van der Waals surface area contributed by atoms with E-state index in [0.29, 0.717) is 0 Å². The molecule has 0 fully saturated rings. The molecule has 0 bridgehead atoms. The number of rotatable bonds is 4. The predicted molar refractivity (Wildman–Crippen MR) is 87.5 cm³/mol. The largest absolute Gasteiger partial charge is 0.376 e. The van der Waals surface area contributed by atoms with Crippen LogP contribution in [0, 0.1) is 10.5 Å². The summed E-state index contributed by atoms with van der Waals surface area (Å²) in [5, 5.41) is 5.95. The minimum absolute atomic E-state index is 0.0517. The Kier molecular flexibility index (Phi) is 4.79. The molecule has 1 amide bonds. The van der Waals surface area contributed by atoms with Crippen LogP contribution in [0.4, 0.5) is 11.4 Å². The van der Waals surface area contributed by atoms with Crippen LogP contribution in [0.1, 0.15) is 5.56 Å². The monoisotopic (exact) mass is 366 g/mol. The van der Waals surface area contributed by atoms with Crippen LogP contribution in [0.15, 0.2) is 48.5 Å². The number of anilines is 2. The maximum absolute atomic E-state index is 11.8. The van der Waals surface area contributed by atoms with Gasteiger partial charge in [0.25, 0.3) is 0 Å². The molecule has 0 atom stereocenters. The zero-order valence-electron chi connectivity index (χ0n) is 10.6. The summed E-state index contributed by atoms with van der Waals surface area (Å²) < 4.78 is 1.17. The number of carbonyl (C=O) groups is 1. The Bertz CT molecular complexity index is 567. The van der Waals surface area contributed by atoms with Crippen LogP contribution in [-0.2, 0) is 4.79 Å². The highest BCUT2D eigenvalue weighted by Gasteiger charge is 2.02. The second-order valence-electron chi connectivity index (χ2n) is 4.28. The van der Waals surface area contributed by atoms with Crippen molar-refractivity contribution in [3.8, 4) is 0 Å². The summed E-state index contributed by atoms with van der Waals surface area (Å²) in [4.78, 5) is 11.8. The highest BCUT2D eigenvalue weighted by molar-refractivity contribution is 14.1. The number of carbonyl (C=O) groups excluding carboxylic acids is 1. The molecule has 2 rings (SSSR count). The van der Waals surface area contributed by atoms with Crippen molar-refractivity contribution in [1.82, 2.24) is 0 Å². The molecule has 0 aliphatic carbocycles. The Morgan fingerprint density at radius 1 is 1.11 bits per heavy atom. The van der Waals surface area contributed by atoms with Crippen LogP contribution < -0.4 is 10.6 Å². The first kappa shape index (κ1) is 13.9. The third-order valence-corrected chi connectivity index (χ3v) is 3.32. The quantitative estimate of drug-likeness (QED) is 0.812. The third-order valence-electron chi connectivity index (χ3n) is 2.60. The van der Waals surface area contributed by atoms with E-state index in [0.717, 1.165) is 16.9 Å². The average molecular weight is 366 g/mol. The lowest BCUT2D eigenvalue weighted by Gasteiger charge is -2.08. The lowest BCUT2D eigenvalue weighted by molar-refractivity contribution is -0.114. The van der Waals surface area contributed by atoms with Gasteiger partial charge in [-0.1, -0.05) is 12.1 Å². The fraction of sp³-hybridized carbons (Fsp3) is 0.133. The topological polar surface area (TPSA) is 41.1 Å². The van der Waals surface area contributed by atoms with E-state index in [9.17, 15) is 4.79 Å². The predicted octanol–water partition coefficient (Wildman–Crippen LogP) is 3.65. The van der Waals surface area contributed by atoms with Crippen molar-refractivity contribution in [2.75, 3.05) is 17.2 Å². The Morgan fingerprint density at radius 3 is 2.53 bits per heavy atom. The van der Waals surface area contributed by atoms with E-state index in [-0.39, 0.29) is 12.5 Å². The van der Waals surface area contributed by atoms with Gasteiger partial charge in [-0.3, -0.25) is 4.79 Å². The highest BCUT2D eigenvalue weighted by atomic mass is 127. The first-order valence-electron chi connectivity index (χ1n) is 5.99. The van der Waals surface area contributed by atoms with E-state index < -0.39 is 0 Å². The SMILES string of the molecule is Cc1cccc(NC(=O)CNc2ccc(I)cc2)c1. The number of halogens is 1. The Labute approximate surface area is 126 Å². The van der Waals surface area contributed by atoms with E-state index in [1.807, 2.05) is 55.5 Å². The van der Waals surface area contributed by atoms with Crippen LogP contribution in [0.5, 0.6) is 0 Å². The lowest BCUT2D eigenvalue weighted by atomic mass is 10.2. The second-order valence-corrected chi connectivity index (χ2v) is 5.52. The Morgan fingerprint density at radius 2 is 1.84 bits per heavy atom. The summed E-state index contributed by atoms with van der Waals surface area (Å²) in [5.74, 6) is -0.0517. The van der Waals surface area contributed by atoms with E-state index in [2.05, 4.69) is 33.2 Å². The normalized spacial score (nSPS) is 10.0. The van der Waals surface area contributed by atoms with Crippen LogP contribution in [0.2, 0.25) is 0 Å². The van der Waals surface area contributed by atoms with Gasteiger partial charge < -0.3 is 10.6 Å². The van der Waals surface area contributed by atoms with Gasteiger partial charge in [0.2, 0.25) is 5.91 Å². The van der Waals surface area contributed by atoms with Crippen LogP contribution in [0.3, 0.4) is 0 Å². The summed E-state index contributed by atoms with van der Waals surface area (Å²) in [5.41, 5.74) is 2.90. The fourth-order valence-electron chi connectivity index (χ4n) is 1.68. The standard InChI is InChI=1S/C15H15IN2O/c1-11-3-2-4-14(9-11)18-15(19)10-17-13-7-5-12(16)6-8-13/h2-9,17H,10H2,1H3,(H,18,19). The zero-order chi connectivity index (χ0) is 13.7. The molecule has 0 aliphatic rings. The fourth-order valence-corrected chi connectivity index (χ4v) is 2.04. The number of amides is 1. The molecule has 4 heteroatoms. The van der Waals surface area contributed by atoms with Crippen LogP contribution in [-0.4, -0.2) is 12.5 Å². The van der Waals surface area contributed by atoms with Crippen LogP contribution in [0.25, 0.3) is 0 Å². The lowest BCUT2D eigenvalue weighted by Crippen LogP contribution is -2.21. The number of hydrogen-bond acceptors (Lipinski definition) is 2. The molecule has 2 N–H and O–H groups in total. The van der Waals surface area contributed by atoms with Gasteiger partial charge in [0, 0.05) is 14.9 Å². The van der Waals surface area contributed by atoms with Gasteiger partial charge in [0.05, 0.1) is 6.54 Å². The van der Waals surface area contributed by atoms with Crippen molar-refractivity contribution >= 4 is 39.9 Å². The molecule has 0 aliphatic heterocycles. The second kappa shape index (κ2) is 6.56. The summed E-state index contributed by atoms with van der Waals surface area (Å²) in [7, 11) is 0. The van der Waals surface area contributed by atoms with Crippen molar-refractivity contribution in [2.45, 2.75) is 6.92 Å². The molecule has 0 saturated carbocycles. The van der Waals surface area contributed by atoms with Crippen molar-refractivity contribution in [3.63, 3.8) is 0 Å². The smallest absolute Gasteiger partial charge is 0.243 e. The minimum Gasteiger partial charge on any atom is -0.376 e. The van der Waals surface area contributed by atoms with E-state index in [1.165, 1.54) is 3.57 Å². The molecule has 19 heavy (non-hydrogen) atoms. The number of aryl methyl sites for hydroxylation is 1. The van der Waals surface area contributed by atoms with Gasteiger partial charge in [-0.2, -0.15) is 0 Å². The molecular formula is C15H15IN2O. The number of hydrogen-bond donors (Lipinski definition) is 2. The molecule has 98 valence electrons. The van der Waals surface area contributed by atoms with Crippen molar-refractivity contribution in [3.05, 3.63) is 57.7 Å². The third kappa shape index (κ3) is 4.55. The Balaban J connectivity index is 1.86. The molecular weight excluding hydrogens is 351 g/mol. The van der Waals surface area contributed by atoms with Crippen molar-refractivity contribution in [2.24, 2.45) is 0 Å². The number of nitrogens with one attached hydrogen (secondary N) is 2. The average Bonchev–Trinajstić information content (AvgIpc) is 2.38. The molecule has 3 nitrogen and oxygen atoms in total. The molecule has 2 aromatic carbocycles. The van der Waals surface area contributed by atoms with Crippen molar-refractivity contribution < 1.29 is 4.79 Å². The van der Waals surface area contributed by atoms with Gasteiger partial charge in [-0.15, -0.1) is 0 Å². The highest BCUT2D eigenvalue weighted by Crippen LogP contribution is 2.11. The molecule has 0 heterocycles. The zero-order valence-corrected chi connectivity index (χ0v) is 12.8. The summed E-state index contributed by atoms with van der Waals surface area (Å²) >= 11 is 2.25. The molecule has 2 aromatic rings.